The largest absolute Gasteiger partial charge is 0.506 e. The first kappa shape index (κ1) is 14.8. The second-order valence-electron chi connectivity index (χ2n) is 4.53. The number of aromatic hydroxyl groups is 1. The number of nitrogens with zero attached hydrogens (tertiary/aromatic N) is 2. The average molecular weight is 262 g/mol. The molecule has 1 heterocycles. The quantitative estimate of drug-likeness (QED) is 0.906. The molecule has 0 fully saturated rings. The van der Waals surface area contributed by atoms with Crippen LogP contribution in [0.15, 0.2) is 12.1 Å². The minimum Gasteiger partial charge on any atom is -0.506 e. The summed E-state index contributed by atoms with van der Waals surface area (Å²) in [5, 5.41) is 9.59. The molecular formula is C12H17F3N2O. The van der Waals surface area contributed by atoms with Gasteiger partial charge >= 0.3 is 6.18 Å². The fraction of sp³-hybridized carbons (Fsp3) is 0.583. The molecule has 1 rings (SSSR count). The summed E-state index contributed by atoms with van der Waals surface area (Å²) in [6, 6.07) is 2.78. The number of aromatic nitrogens is 1. The normalized spacial score (nSPS) is 12.4. The molecule has 0 unspecified atom stereocenters. The van der Waals surface area contributed by atoms with E-state index in [0.717, 1.165) is 0 Å². The van der Waals surface area contributed by atoms with Crippen LogP contribution in [0.25, 0.3) is 0 Å². The van der Waals surface area contributed by atoms with E-state index in [1.807, 2.05) is 0 Å². The number of aryl methyl sites for hydroxylation is 1. The van der Waals surface area contributed by atoms with Crippen molar-refractivity contribution in [3.63, 3.8) is 0 Å². The standard InChI is InChI=1S/C12H17F3N2O/c1-8(2)17(7-12(13,14)15)6-10-11(18)5-4-9(3)16-10/h4-5,8,18H,6-7H2,1-3H3. The van der Waals surface area contributed by atoms with Crippen LogP contribution in [-0.4, -0.2) is 33.8 Å². The number of hydrogen-bond acceptors (Lipinski definition) is 3. The highest BCUT2D eigenvalue weighted by molar-refractivity contribution is 5.27. The van der Waals surface area contributed by atoms with Crippen molar-refractivity contribution in [3.8, 4) is 5.75 Å². The van der Waals surface area contributed by atoms with E-state index in [-0.39, 0.29) is 24.0 Å². The Morgan fingerprint density at radius 1 is 1.33 bits per heavy atom. The maximum absolute atomic E-state index is 12.4. The number of pyridine rings is 1. The van der Waals surface area contributed by atoms with Crippen LogP contribution in [0, 0.1) is 6.92 Å². The van der Waals surface area contributed by atoms with E-state index in [4.69, 9.17) is 0 Å². The molecule has 0 atom stereocenters. The summed E-state index contributed by atoms with van der Waals surface area (Å²) in [5.74, 6) is -0.0755. The first-order valence-corrected chi connectivity index (χ1v) is 5.65. The van der Waals surface area contributed by atoms with Crippen molar-refractivity contribution in [2.75, 3.05) is 6.54 Å². The summed E-state index contributed by atoms with van der Waals surface area (Å²) >= 11 is 0. The van der Waals surface area contributed by atoms with Gasteiger partial charge < -0.3 is 5.11 Å². The van der Waals surface area contributed by atoms with Gasteiger partial charge in [0.1, 0.15) is 5.75 Å². The third-order valence-electron chi connectivity index (χ3n) is 2.55. The smallest absolute Gasteiger partial charge is 0.401 e. The van der Waals surface area contributed by atoms with Crippen molar-refractivity contribution in [1.29, 1.82) is 0 Å². The molecule has 0 radical (unpaired) electrons. The van der Waals surface area contributed by atoms with E-state index in [9.17, 15) is 18.3 Å². The summed E-state index contributed by atoms with van der Waals surface area (Å²) in [6.07, 6.45) is -4.26. The van der Waals surface area contributed by atoms with Gasteiger partial charge in [-0.3, -0.25) is 9.88 Å². The SMILES string of the molecule is Cc1ccc(O)c(CN(CC(F)(F)F)C(C)C)n1. The molecule has 1 aromatic heterocycles. The first-order chi connectivity index (χ1) is 8.19. The predicted molar refractivity (Wildman–Crippen MR) is 62.2 cm³/mol. The average Bonchev–Trinajstić information content (AvgIpc) is 2.20. The number of hydrogen-bond donors (Lipinski definition) is 1. The lowest BCUT2D eigenvalue weighted by Gasteiger charge is -2.27. The summed E-state index contributed by atoms with van der Waals surface area (Å²) in [7, 11) is 0. The van der Waals surface area contributed by atoms with Gasteiger partial charge in [0.25, 0.3) is 0 Å². The molecule has 18 heavy (non-hydrogen) atoms. The maximum Gasteiger partial charge on any atom is 0.401 e. The first-order valence-electron chi connectivity index (χ1n) is 5.65. The second kappa shape index (κ2) is 5.56. The van der Waals surface area contributed by atoms with Crippen molar-refractivity contribution in [2.24, 2.45) is 0 Å². The van der Waals surface area contributed by atoms with E-state index in [1.165, 1.54) is 11.0 Å². The van der Waals surface area contributed by atoms with E-state index >= 15 is 0 Å². The second-order valence-corrected chi connectivity index (χ2v) is 4.53. The van der Waals surface area contributed by atoms with Gasteiger partial charge in [-0.15, -0.1) is 0 Å². The maximum atomic E-state index is 12.4. The van der Waals surface area contributed by atoms with Crippen LogP contribution in [0.5, 0.6) is 5.75 Å². The van der Waals surface area contributed by atoms with Crippen molar-refractivity contribution in [1.82, 2.24) is 9.88 Å². The fourth-order valence-corrected chi connectivity index (χ4v) is 1.56. The van der Waals surface area contributed by atoms with Gasteiger partial charge in [0.15, 0.2) is 0 Å². The molecule has 0 saturated heterocycles. The molecule has 0 bridgehead atoms. The van der Waals surface area contributed by atoms with Gasteiger partial charge in [-0.1, -0.05) is 0 Å². The van der Waals surface area contributed by atoms with Gasteiger partial charge in [0.05, 0.1) is 12.2 Å². The molecule has 0 aromatic carbocycles. The van der Waals surface area contributed by atoms with Crippen LogP contribution in [0.3, 0.4) is 0 Å². The van der Waals surface area contributed by atoms with Gasteiger partial charge in [-0.2, -0.15) is 13.2 Å². The summed E-state index contributed by atoms with van der Waals surface area (Å²) in [5.41, 5.74) is 0.937. The minimum atomic E-state index is -4.26. The minimum absolute atomic E-state index is 0.0231. The molecule has 0 saturated carbocycles. The molecular weight excluding hydrogens is 245 g/mol. The third kappa shape index (κ3) is 4.52. The highest BCUT2D eigenvalue weighted by Gasteiger charge is 2.32. The van der Waals surface area contributed by atoms with Crippen LogP contribution in [-0.2, 0) is 6.54 Å². The number of alkyl halides is 3. The molecule has 0 spiro atoms. The van der Waals surface area contributed by atoms with Crippen molar-refractivity contribution in [3.05, 3.63) is 23.5 Å². The van der Waals surface area contributed by atoms with Crippen LogP contribution < -0.4 is 0 Å². The Balaban J connectivity index is 2.86. The highest BCUT2D eigenvalue weighted by atomic mass is 19.4. The Kier molecular flexibility index (Phi) is 4.56. The molecule has 3 nitrogen and oxygen atoms in total. The number of rotatable bonds is 4. The zero-order chi connectivity index (χ0) is 13.9. The van der Waals surface area contributed by atoms with Crippen molar-refractivity contribution in [2.45, 2.75) is 39.5 Å². The number of halogens is 3. The Morgan fingerprint density at radius 3 is 2.44 bits per heavy atom. The monoisotopic (exact) mass is 262 g/mol. The Bertz CT molecular complexity index is 405. The molecule has 0 aliphatic carbocycles. The van der Waals surface area contributed by atoms with Crippen LogP contribution >= 0.6 is 0 Å². The summed E-state index contributed by atoms with van der Waals surface area (Å²) in [4.78, 5) is 5.29. The van der Waals surface area contributed by atoms with E-state index in [1.54, 1.807) is 26.8 Å². The van der Waals surface area contributed by atoms with Crippen LogP contribution in [0.2, 0.25) is 0 Å². The molecule has 0 aliphatic heterocycles. The van der Waals surface area contributed by atoms with Crippen LogP contribution in [0.1, 0.15) is 25.2 Å². The zero-order valence-corrected chi connectivity index (χ0v) is 10.6. The lowest BCUT2D eigenvalue weighted by molar-refractivity contribution is -0.151. The van der Waals surface area contributed by atoms with Gasteiger partial charge in [-0.25, -0.2) is 0 Å². The van der Waals surface area contributed by atoms with E-state index in [2.05, 4.69) is 4.98 Å². The highest BCUT2D eigenvalue weighted by Crippen LogP contribution is 2.22. The molecule has 0 aliphatic rings. The van der Waals surface area contributed by atoms with E-state index in [0.29, 0.717) is 5.69 Å². The van der Waals surface area contributed by atoms with Gasteiger partial charge in [0.2, 0.25) is 0 Å². The molecule has 1 aromatic rings. The van der Waals surface area contributed by atoms with Crippen molar-refractivity contribution >= 4 is 0 Å². The Hall–Kier alpha value is -1.30. The lowest BCUT2D eigenvalue weighted by atomic mass is 10.2. The topological polar surface area (TPSA) is 36.4 Å². The molecule has 0 amide bonds. The van der Waals surface area contributed by atoms with Crippen LogP contribution in [0.4, 0.5) is 13.2 Å². The zero-order valence-electron chi connectivity index (χ0n) is 10.6. The summed E-state index contributed by atoms with van der Waals surface area (Å²) < 4.78 is 37.3. The predicted octanol–water partition coefficient (Wildman–Crippen LogP) is 2.87. The Labute approximate surface area is 104 Å². The molecule has 6 heteroatoms. The van der Waals surface area contributed by atoms with Gasteiger partial charge in [-0.05, 0) is 32.9 Å². The Morgan fingerprint density at radius 2 is 1.94 bits per heavy atom. The lowest BCUT2D eigenvalue weighted by Crippen LogP contribution is -2.38. The van der Waals surface area contributed by atoms with Crippen molar-refractivity contribution < 1.29 is 18.3 Å². The summed E-state index contributed by atoms with van der Waals surface area (Å²) in [6.45, 7) is 4.05. The van der Waals surface area contributed by atoms with Gasteiger partial charge in [0, 0.05) is 18.3 Å². The fourth-order valence-electron chi connectivity index (χ4n) is 1.56. The molecule has 102 valence electrons. The third-order valence-corrected chi connectivity index (χ3v) is 2.55. The van der Waals surface area contributed by atoms with E-state index < -0.39 is 12.7 Å². The molecule has 1 N–H and O–H groups in total.